The van der Waals surface area contributed by atoms with Crippen LogP contribution in [0.2, 0.25) is 4.34 Å². The summed E-state index contributed by atoms with van der Waals surface area (Å²) in [7, 11) is 0. The van der Waals surface area contributed by atoms with Gasteiger partial charge in [0, 0.05) is 0 Å². The standard InChI is InChI=1S/C8H4ClNO2S2/c9-6-5(8(11)12)10-7(14-6)4-2-1-3-13-4/h1-3H,(H,11,12). The molecule has 0 saturated heterocycles. The Hall–Kier alpha value is -0.910. The van der Waals surface area contributed by atoms with Crippen molar-refractivity contribution >= 4 is 40.2 Å². The Labute approximate surface area is 92.6 Å². The van der Waals surface area contributed by atoms with Gasteiger partial charge < -0.3 is 5.11 Å². The summed E-state index contributed by atoms with van der Waals surface area (Å²) in [4.78, 5) is 15.6. The van der Waals surface area contributed by atoms with Gasteiger partial charge in [-0.2, -0.15) is 0 Å². The van der Waals surface area contributed by atoms with Crippen LogP contribution >= 0.6 is 34.3 Å². The quantitative estimate of drug-likeness (QED) is 0.884. The first-order chi connectivity index (χ1) is 6.68. The van der Waals surface area contributed by atoms with Crippen LogP contribution in [0.5, 0.6) is 0 Å². The smallest absolute Gasteiger partial charge is 0.356 e. The molecule has 0 aliphatic carbocycles. The van der Waals surface area contributed by atoms with E-state index in [0.29, 0.717) is 5.01 Å². The van der Waals surface area contributed by atoms with Gasteiger partial charge in [-0.25, -0.2) is 9.78 Å². The van der Waals surface area contributed by atoms with Crippen molar-refractivity contribution < 1.29 is 9.90 Å². The van der Waals surface area contributed by atoms with E-state index in [-0.39, 0.29) is 10.0 Å². The lowest BCUT2D eigenvalue weighted by Crippen LogP contribution is -1.96. The predicted molar refractivity (Wildman–Crippen MR) is 57.4 cm³/mol. The minimum Gasteiger partial charge on any atom is -0.476 e. The van der Waals surface area contributed by atoms with Gasteiger partial charge in [-0.05, 0) is 11.4 Å². The Kier molecular flexibility index (Phi) is 2.54. The molecule has 3 nitrogen and oxygen atoms in total. The predicted octanol–water partition coefficient (Wildman–Crippen LogP) is 3.22. The van der Waals surface area contributed by atoms with Crippen LogP contribution in [0.25, 0.3) is 9.88 Å². The van der Waals surface area contributed by atoms with Gasteiger partial charge in [-0.3, -0.25) is 0 Å². The van der Waals surface area contributed by atoms with E-state index in [1.807, 2.05) is 17.5 Å². The van der Waals surface area contributed by atoms with E-state index in [9.17, 15) is 4.79 Å². The molecule has 72 valence electrons. The first-order valence-electron chi connectivity index (χ1n) is 3.62. The van der Waals surface area contributed by atoms with Gasteiger partial charge in [0.15, 0.2) is 5.69 Å². The number of carbonyl (C=O) groups is 1. The van der Waals surface area contributed by atoms with Crippen LogP contribution in [0, 0.1) is 0 Å². The SMILES string of the molecule is O=C(O)c1nc(-c2cccs2)sc1Cl. The summed E-state index contributed by atoms with van der Waals surface area (Å²) in [6.45, 7) is 0. The second kappa shape index (κ2) is 3.68. The van der Waals surface area contributed by atoms with Crippen molar-refractivity contribution in [2.75, 3.05) is 0 Å². The molecule has 2 heterocycles. The molecule has 6 heteroatoms. The molecule has 2 rings (SSSR count). The van der Waals surface area contributed by atoms with E-state index < -0.39 is 5.97 Å². The van der Waals surface area contributed by atoms with Gasteiger partial charge >= 0.3 is 5.97 Å². The van der Waals surface area contributed by atoms with Crippen molar-refractivity contribution in [1.82, 2.24) is 4.98 Å². The molecule has 0 aromatic carbocycles. The largest absolute Gasteiger partial charge is 0.476 e. The maximum absolute atomic E-state index is 10.7. The summed E-state index contributed by atoms with van der Waals surface area (Å²) in [5, 5.41) is 11.3. The minimum atomic E-state index is -1.09. The van der Waals surface area contributed by atoms with Gasteiger partial charge in [0.25, 0.3) is 0 Å². The lowest BCUT2D eigenvalue weighted by Gasteiger charge is -1.85. The molecular formula is C8H4ClNO2S2. The number of thiophene rings is 1. The molecule has 1 N–H and O–H groups in total. The third kappa shape index (κ3) is 1.66. The zero-order valence-electron chi connectivity index (χ0n) is 6.73. The van der Waals surface area contributed by atoms with E-state index in [0.717, 1.165) is 4.88 Å². The van der Waals surface area contributed by atoms with E-state index in [4.69, 9.17) is 16.7 Å². The second-order valence-corrected chi connectivity index (χ2v) is 4.97. The Morgan fingerprint density at radius 2 is 2.36 bits per heavy atom. The number of carboxylic acids is 1. The fraction of sp³-hybridized carbons (Fsp3) is 0. The minimum absolute atomic E-state index is 0.0694. The molecule has 0 amide bonds. The Morgan fingerprint density at radius 1 is 1.57 bits per heavy atom. The Morgan fingerprint density at radius 3 is 2.86 bits per heavy atom. The second-order valence-electron chi connectivity index (χ2n) is 2.42. The van der Waals surface area contributed by atoms with Crippen molar-refractivity contribution in [2.24, 2.45) is 0 Å². The molecule has 0 saturated carbocycles. The number of aromatic nitrogens is 1. The molecule has 2 aromatic rings. The first kappa shape index (κ1) is 9.64. The van der Waals surface area contributed by atoms with E-state index >= 15 is 0 Å². The van der Waals surface area contributed by atoms with Crippen LogP contribution in [-0.2, 0) is 0 Å². The summed E-state index contributed by atoms with van der Waals surface area (Å²) in [6.07, 6.45) is 0. The van der Waals surface area contributed by atoms with Crippen molar-refractivity contribution in [3.63, 3.8) is 0 Å². The third-order valence-electron chi connectivity index (χ3n) is 1.52. The average Bonchev–Trinajstić information content (AvgIpc) is 2.70. The molecule has 0 atom stereocenters. The van der Waals surface area contributed by atoms with E-state index in [2.05, 4.69) is 4.98 Å². The highest BCUT2D eigenvalue weighted by Crippen LogP contribution is 2.33. The number of carboxylic acid groups (broad SMARTS) is 1. The number of thiazole rings is 1. The number of nitrogens with zero attached hydrogens (tertiary/aromatic N) is 1. The summed E-state index contributed by atoms with van der Waals surface area (Å²) < 4.78 is 0.223. The molecule has 0 aliphatic heterocycles. The monoisotopic (exact) mass is 245 g/mol. The van der Waals surface area contributed by atoms with Gasteiger partial charge in [-0.1, -0.05) is 17.7 Å². The van der Waals surface area contributed by atoms with Crippen LogP contribution < -0.4 is 0 Å². The first-order valence-corrected chi connectivity index (χ1v) is 5.69. The molecule has 0 unspecified atom stereocenters. The van der Waals surface area contributed by atoms with Gasteiger partial charge in [-0.15, -0.1) is 22.7 Å². The fourth-order valence-corrected chi connectivity index (χ4v) is 2.86. The number of halogens is 1. The fourth-order valence-electron chi connectivity index (χ4n) is 0.939. The van der Waals surface area contributed by atoms with Crippen LogP contribution in [0.15, 0.2) is 17.5 Å². The Bertz CT molecular complexity index is 464. The van der Waals surface area contributed by atoms with Gasteiger partial charge in [0.2, 0.25) is 0 Å². The highest BCUT2D eigenvalue weighted by Gasteiger charge is 2.16. The highest BCUT2D eigenvalue weighted by molar-refractivity contribution is 7.23. The number of rotatable bonds is 2. The Balaban J connectivity index is 2.48. The highest BCUT2D eigenvalue weighted by atomic mass is 35.5. The number of aromatic carboxylic acids is 1. The van der Waals surface area contributed by atoms with Crippen LogP contribution in [-0.4, -0.2) is 16.1 Å². The van der Waals surface area contributed by atoms with Crippen molar-refractivity contribution in [3.05, 3.63) is 27.5 Å². The normalized spacial score (nSPS) is 10.4. The zero-order chi connectivity index (χ0) is 10.1. The maximum Gasteiger partial charge on any atom is 0.356 e. The van der Waals surface area contributed by atoms with Crippen LogP contribution in [0.3, 0.4) is 0 Å². The van der Waals surface area contributed by atoms with Gasteiger partial charge in [0.1, 0.15) is 9.34 Å². The lowest BCUT2D eigenvalue weighted by atomic mass is 10.4. The zero-order valence-corrected chi connectivity index (χ0v) is 9.12. The summed E-state index contributed by atoms with van der Waals surface area (Å²) >= 11 is 8.43. The molecule has 0 spiro atoms. The molecule has 0 aliphatic rings. The molecule has 0 radical (unpaired) electrons. The van der Waals surface area contributed by atoms with Crippen molar-refractivity contribution in [3.8, 4) is 9.88 Å². The summed E-state index contributed by atoms with van der Waals surface area (Å²) in [5.74, 6) is -1.09. The third-order valence-corrected chi connectivity index (χ3v) is 3.81. The van der Waals surface area contributed by atoms with Crippen LogP contribution in [0.1, 0.15) is 10.5 Å². The van der Waals surface area contributed by atoms with E-state index in [1.54, 1.807) is 0 Å². The maximum atomic E-state index is 10.7. The topological polar surface area (TPSA) is 50.2 Å². The number of hydrogen-bond acceptors (Lipinski definition) is 4. The molecule has 0 fully saturated rings. The number of hydrogen-bond donors (Lipinski definition) is 1. The molecular weight excluding hydrogens is 242 g/mol. The van der Waals surface area contributed by atoms with Crippen LogP contribution in [0.4, 0.5) is 0 Å². The molecule has 0 bridgehead atoms. The summed E-state index contributed by atoms with van der Waals surface area (Å²) in [5.41, 5.74) is -0.0694. The lowest BCUT2D eigenvalue weighted by molar-refractivity contribution is 0.0691. The van der Waals surface area contributed by atoms with Crippen molar-refractivity contribution in [2.45, 2.75) is 0 Å². The van der Waals surface area contributed by atoms with Crippen molar-refractivity contribution in [1.29, 1.82) is 0 Å². The molecule has 14 heavy (non-hydrogen) atoms. The van der Waals surface area contributed by atoms with Gasteiger partial charge in [0.05, 0.1) is 4.88 Å². The molecule has 2 aromatic heterocycles. The summed E-state index contributed by atoms with van der Waals surface area (Å²) in [6, 6.07) is 3.77. The average molecular weight is 246 g/mol. The van der Waals surface area contributed by atoms with E-state index in [1.165, 1.54) is 22.7 Å².